The maximum Gasteiger partial charge on any atom is 0.325 e. The number of benzene rings is 1. The van der Waals surface area contributed by atoms with Gasteiger partial charge in [-0.1, -0.05) is 11.8 Å². The summed E-state index contributed by atoms with van der Waals surface area (Å²) in [5, 5.41) is 6.12. The summed E-state index contributed by atoms with van der Waals surface area (Å²) in [6.45, 7) is 4.91. The quantitative estimate of drug-likeness (QED) is 0.413. The molecule has 0 saturated carbocycles. The summed E-state index contributed by atoms with van der Waals surface area (Å²) in [5.41, 5.74) is 7.61. The van der Waals surface area contributed by atoms with Crippen molar-refractivity contribution < 1.29 is 19.1 Å². The van der Waals surface area contributed by atoms with Crippen LogP contribution in [0.25, 0.3) is 10.2 Å². The van der Waals surface area contributed by atoms with Crippen LogP contribution in [0.15, 0.2) is 23.4 Å². The van der Waals surface area contributed by atoms with Crippen LogP contribution in [0.5, 0.6) is 11.5 Å². The lowest BCUT2D eigenvalue weighted by Gasteiger charge is -2.19. The summed E-state index contributed by atoms with van der Waals surface area (Å²) in [6.07, 6.45) is 0. The highest BCUT2D eigenvalue weighted by Crippen LogP contribution is 2.34. The number of nitrogens with one attached hydrogen (secondary N) is 2. The fraction of sp³-hybridized carbons (Fsp3) is 0.263. The van der Waals surface area contributed by atoms with Crippen LogP contribution in [0.1, 0.15) is 10.4 Å². The molecule has 0 saturated heterocycles. The fourth-order valence-corrected chi connectivity index (χ4v) is 4.65. The SMILES string of the molecule is Cc1sc2nc(SCC(=O)NC(=O)Nc3ccc4c(c3)OCCO4)nc(N)c2c1C. The predicted molar refractivity (Wildman–Crippen MR) is 117 cm³/mol. The third kappa shape index (κ3) is 4.26. The van der Waals surface area contributed by atoms with Gasteiger partial charge in [-0.3, -0.25) is 10.1 Å². The standard InChI is InChI=1S/C19H19N5O4S2/c1-9-10(2)30-17-15(9)16(20)23-19(24-17)29-8-14(25)22-18(26)21-11-3-4-12-13(7-11)28-6-5-27-12/h3-4,7H,5-6,8H2,1-2H3,(H2,20,23,24)(H2,21,22,25,26). The Labute approximate surface area is 180 Å². The lowest BCUT2D eigenvalue weighted by atomic mass is 10.2. The zero-order valence-corrected chi connectivity index (χ0v) is 17.9. The van der Waals surface area contributed by atoms with Gasteiger partial charge in [-0.05, 0) is 31.5 Å². The first-order valence-electron chi connectivity index (χ1n) is 9.07. The molecule has 11 heteroatoms. The van der Waals surface area contributed by atoms with E-state index in [2.05, 4.69) is 20.6 Å². The monoisotopic (exact) mass is 445 g/mol. The van der Waals surface area contributed by atoms with Crippen molar-refractivity contribution in [1.82, 2.24) is 15.3 Å². The molecule has 0 bridgehead atoms. The number of hydrogen-bond donors (Lipinski definition) is 3. The average molecular weight is 446 g/mol. The van der Waals surface area contributed by atoms with Crippen LogP contribution < -0.4 is 25.8 Å². The van der Waals surface area contributed by atoms with E-state index in [9.17, 15) is 9.59 Å². The lowest BCUT2D eigenvalue weighted by Crippen LogP contribution is -2.35. The summed E-state index contributed by atoms with van der Waals surface area (Å²) in [4.78, 5) is 34.9. The van der Waals surface area contributed by atoms with E-state index in [0.717, 1.165) is 32.4 Å². The summed E-state index contributed by atoms with van der Waals surface area (Å²) >= 11 is 2.65. The number of urea groups is 1. The van der Waals surface area contributed by atoms with Crippen LogP contribution in [0.4, 0.5) is 16.3 Å². The van der Waals surface area contributed by atoms with E-state index in [1.807, 2.05) is 13.8 Å². The molecule has 30 heavy (non-hydrogen) atoms. The molecule has 156 valence electrons. The molecule has 3 heterocycles. The summed E-state index contributed by atoms with van der Waals surface area (Å²) in [6, 6.07) is 4.37. The van der Waals surface area contributed by atoms with E-state index in [0.29, 0.717) is 41.4 Å². The minimum Gasteiger partial charge on any atom is -0.486 e. The topological polar surface area (TPSA) is 128 Å². The number of nitrogens with two attached hydrogens (primary N) is 1. The zero-order chi connectivity index (χ0) is 21.3. The molecule has 1 aromatic carbocycles. The number of carbonyl (C=O) groups excluding carboxylic acids is 2. The number of carbonyl (C=O) groups is 2. The van der Waals surface area contributed by atoms with Gasteiger partial charge in [0.15, 0.2) is 16.7 Å². The van der Waals surface area contributed by atoms with Gasteiger partial charge in [-0.15, -0.1) is 11.3 Å². The Bertz CT molecular complexity index is 1150. The number of aryl methyl sites for hydroxylation is 2. The molecule has 4 rings (SSSR count). The highest BCUT2D eigenvalue weighted by molar-refractivity contribution is 7.99. The van der Waals surface area contributed by atoms with E-state index in [4.69, 9.17) is 15.2 Å². The Morgan fingerprint density at radius 2 is 1.97 bits per heavy atom. The normalized spacial score (nSPS) is 12.6. The molecule has 0 atom stereocenters. The van der Waals surface area contributed by atoms with Crippen molar-refractivity contribution in [1.29, 1.82) is 0 Å². The number of anilines is 2. The third-order valence-corrected chi connectivity index (χ3v) is 6.37. The summed E-state index contributed by atoms with van der Waals surface area (Å²) in [5.74, 6) is 1.05. The van der Waals surface area contributed by atoms with Gasteiger partial charge in [0.25, 0.3) is 0 Å². The number of thiophene rings is 1. The van der Waals surface area contributed by atoms with E-state index in [-0.39, 0.29) is 5.75 Å². The fourth-order valence-electron chi connectivity index (χ4n) is 2.90. The van der Waals surface area contributed by atoms with Crippen molar-refractivity contribution >= 4 is 56.8 Å². The van der Waals surface area contributed by atoms with Crippen molar-refractivity contribution in [2.45, 2.75) is 19.0 Å². The van der Waals surface area contributed by atoms with Crippen LogP contribution in [0.3, 0.4) is 0 Å². The second-order valence-electron chi connectivity index (χ2n) is 6.50. The van der Waals surface area contributed by atoms with Crippen LogP contribution in [-0.2, 0) is 4.79 Å². The molecule has 1 aliphatic rings. The highest BCUT2D eigenvalue weighted by atomic mass is 32.2. The predicted octanol–water partition coefficient (Wildman–Crippen LogP) is 3.10. The summed E-state index contributed by atoms with van der Waals surface area (Å²) in [7, 11) is 0. The Balaban J connectivity index is 1.33. The molecule has 4 N–H and O–H groups in total. The van der Waals surface area contributed by atoms with Crippen LogP contribution in [-0.4, -0.2) is 40.9 Å². The number of fused-ring (bicyclic) bond motifs is 2. The molecule has 0 radical (unpaired) electrons. The number of rotatable bonds is 4. The Hall–Kier alpha value is -3.05. The van der Waals surface area contributed by atoms with Crippen molar-refractivity contribution in [2.75, 3.05) is 30.0 Å². The second kappa shape index (κ2) is 8.36. The third-order valence-electron chi connectivity index (χ3n) is 4.42. The van der Waals surface area contributed by atoms with Gasteiger partial charge in [0.05, 0.1) is 11.1 Å². The molecule has 0 spiro atoms. The van der Waals surface area contributed by atoms with E-state index in [1.54, 1.807) is 18.2 Å². The van der Waals surface area contributed by atoms with E-state index >= 15 is 0 Å². The molecule has 1 aliphatic heterocycles. The molecule has 3 amide bonds. The molecule has 9 nitrogen and oxygen atoms in total. The molecule has 3 aromatic rings. The smallest absolute Gasteiger partial charge is 0.325 e. The number of ether oxygens (including phenoxy) is 2. The van der Waals surface area contributed by atoms with Crippen molar-refractivity contribution in [3.05, 3.63) is 28.6 Å². The number of nitrogens with zero attached hydrogens (tertiary/aromatic N) is 2. The van der Waals surface area contributed by atoms with Crippen molar-refractivity contribution in [2.24, 2.45) is 0 Å². The number of nitrogen functional groups attached to an aromatic ring is 1. The Morgan fingerprint density at radius 3 is 2.77 bits per heavy atom. The molecule has 0 unspecified atom stereocenters. The zero-order valence-electron chi connectivity index (χ0n) is 16.3. The first-order valence-corrected chi connectivity index (χ1v) is 10.9. The number of hydrogen-bond acceptors (Lipinski definition) is 9. The van der Waals surface area contributed by atoms with Crippen LogP contribution >= 0.6 is 23.1 Å². The number of thioether (sulfide) groups is 1. The summed E-state index contributed by atoms with van der Waals surface area (Å²) < 4.78 is 10.9. The van der Waals surface area contributed by atoms with Gasteiger partial charge >= 0.3 is 6.03 Å². The first-order chi connectivity index (χ1) is 14.4. The van der Waals surface area contributed by atoms with E-state index in [1.165, 1.54) is 11.3 Å². The van der Waals surface area contributed by atoms with Gasteiger partial charge in [-0.2, -0.15) is 0 Å². The van der Waals surface area contributed by atoms with Crippen LogP contribution in [0.2, 0.25) is 0 Å². The molecular weight excluding hydrogens is 426 g/mol. The van der Waals surface area contributed by atoms with Gasteiger partial charge in [0.1, 0.15) is 23.9 Å². The Morgan fingerprint density at radius 1 is 1.20 bits per heavy atom. The van der Waals surface area contributed by atoms with Gasteiger partial charge < -0.3 is 20.5 Å². The highest BCUT2D eigenvalue weighted by Gasteiger charge is 2.16. The van der Waals surface area contributed by atoms with Crippen molar-refractivity contribution in [3.8, 4) is 11.5 Å². The number of imide groups is 1. The van der Waals surface area contributed by atoms with Crippen molar-refractivity contribution in [3.63, 3.8) is 0 Å². The maximum absolute atomic E-state index is 12.1. The molecule has 2 aromatic heterocycles. The molecule has 0 fully saturated rings. The minimum absolute atomic E-state index is 0.0250. The average Bonchev–Trinajstić information content (AvgIpc) is 3.00. The van der Waals surface area contributed by atoms with Gasteiger partial charge in [0.2, 0.25) is 5.91 Å². The minimum atomic E-state index is -0.641. The van der Waals surface area contributed by atoms with Gasteiger partial charge in [-0.25, -0.2) is 14.8 Å². The maximum atomic E-state index is 12.1. The second-order valence-corrected chi connectivity index (χ2v) is 8.65. The van der Waals surface area contributed by atoms with Crippen LogP contribution in [0, 0.1) is 13.8 Å². The molecular formula is C19H19N5O4S2. The number of amides is 3. The van der Waals surface area contributed by atoms with Gasteiger partial charge in [0, 0.05) is 16.6 Å². The first kappa shape index (κ1) is 20.2. The number of aromatic nitrogens is 2. The van der Waals surface area contributed by atoms with E-state index < -0.39 is 11.9 Å². The molecule has 0 aliphatic carbocycles. The Kier molecular flexibility index (Phi) is 5.64. The largest absolute Gasteiger partial charge is 0.486 e. The lowest BCUT2D eigenvalue weighted by molar-refractivity contribution is -0.117.